The number of amides is 4. The Hall–Kier alpha value is -6.28. The highest BCUT2D eigenvalue weighted by Gasteiger charge is 2.41. The Labute approximate surface area is 268 Å². The summed E-state index contributed by atoms with van der Waals surface area (Å²) in [6.07, 6.45) is 0. The molecular weight excluding hydrogens is 588 g/mol. The number of para-hydroxylation sites is 2. The van der Waals surface area contributed by atoms with Crippen molar-refractivity contribution in [3.63, 3.8) is 0 Å². The first kappa shape index (κ1) is 26.0. The monoisotopic (exact) mass is 612 g/mol. The van der Waals surface area contributed by atoms with Gasteiger partial charge in [0.1, 0.15) is 0 Å². The summed E-state index contributed by atoms with van der Waals surface area (Å²) in [6.45, 7) is 1.64. The number of fused-ring (bicyclic) bond motifs is 8. The molecule has 0 aliphatic carbocycles. The van der Waals surface area contributed by atoms with Crippen molar-refractivity contribution in [2.75, 3.05) is 26.3 Å². The van der Waals surface area contributed by atoms with Crippen molar-refractivity contribution in [3.05, 3.63) is 143 Å². The van der Waals surface area contributed by atoms with E-state index in [0.717, 1.165) is 33.3 Å². The van der Waals surface area contributed by atoms with Crippen LogP contribution < -0.4 is 19.6 Å². The molecule has 0 fully saturated rings. The summed E-state index contributed by atoms with van der Waals surface area (Å²) >= 11 is 0. The molecule has 0 spiro atoms. The van der Waals surface area contributed by atoms with Gasteiger partial charge in [-0.25, -0.2) is 9.80 Å². The van der Waals surface area contributed by atoms with E-state index >= 15 is 0 Å². The number of anilines is 4. The first-order valence-electron chi connectivity index (χ1n) is 15.5. The number of hydrogen-bond acceptors (Lipinski definition) is 6. The van der Waals surface area contributed by atoms with Gasteiger partial charge in [0.05, 0.1) is 29.4 Å². The van der Waals surface area contributed by atoms with Gasteiger partial charge in [0.15, 0.2) is 0 Å². The second-order valence-corrected chi connectivity index (χ2v) is 12.4. The van der Waals surface area contributed by atoms with E-state index in [1.54, 1.807) is 36.4 Å². The van der Waals surface area contributed by atoms with Gasteiger partial charge in [-0.3, -0.25) is 19.2 Å². The van der Waals surface area contributed by atoms with E-state index in [1.807, 2.05) is 72.8 Å². The van der Waals surface area contributed by atoms with Gasteiger partial charge in [-0.15, -0.1) is 0 Å². The maximum absolute atomic E-state index is 14.0. The first-order chi connectivity index (χ1) is 23.0. The van der Waals surface area contributed by atoms with E-state index in [4.69, 9.17) is 0 Å². The fourth-order valence-electron chi connectivity index (χ4n) is 8.04. The minimum Gasteiger partial charge on any atom is -0.349 e. The van der Waals surface area contributed by atoms with Gasteiger partial charge in [-0.1, -0.05) is 60.7 Å². The highest BCUT2D eigenvalue weighted by atomic mass is 16.2. The average molecular weight is 613 g/mol. The Kier molecular flexibility index (Phi) is 5.05. The molecule has 0 unspecified atom stereocenters. The van der Waals surface area contributed by atoms with Crippen molar-refractivity contribution in [2.45, 2.75) is 13.1 Å². The van der Waals surface area contributed by atoms with Gasteiger partial charge >= 0.3 is 0 Å². The van der Waals surface area contributed by atoms with E-state index in [-0.39, 0.29) is 23.6 Å². The summed E-state index contributed by atoms with van der Waals surface area (Å²) in [5, 5.41) is 3.10. The van der Waals surface area contributed by atoms with Crippen LogP contribution in [0.25, 0.3) is 21.5 Å². The summed E-state index contributed by atoms with van der Waals surface area (Å²) in [6, 6.07) is 33.3. The Bertz CT molecular complexity index is 2270. The molecule has 4 aliphatic rings. The lowest BCUT2D eigenvalue weighted by atomic mass is 9.86. The molecule has 6 aromatic rings. The zero-order valence-corrected chi connectivity index (χ0v) is 24.9. The first-order valence-corrected chi connectivity index (χ1v) is 15.5. The van der Waals surface area contributed by atoms with Crippen molar-refractivity contribution in [3.8, 4) is 0 Å². The fraction of sp³-hybridized carbons (Fsp3) is 0.0769. The van der Waals surface area contributed by atoms with Gasteiger partial charge in [0.2, 0.25) is 0 Å². The van der Waals surface area contributed by atoms with E-state index in [2.05, 4.69) is 9.80 Å². The third kappa shape index (κ3) is 3.36. The molecule has 0 saturated carbocycles. The molecule has 4 heterocycles. The van der Waals surface area contributed by atoms with Crippen molar-refractivity contribution < 1.29 is 19.2 Å². The molecule has 224 valence electrons. The van der Waals surface area contributed by atoms with Gasteiger partial charge < -0.3 is 9.80 Å². The molecule has 6 aromatic carbocycles. The minimum atomic E-state index is -0.337. The Morgan fingerprint density at radius 3 is 1.26 bits per heavy atom. The van der Waals surface area contributed by atoms with Crippen molar-refractivity contribution in [1.29, 1.82) is 0 Å². The number of imide groups is 2. The van der Waals surface area contributed by atoms with Crippen LogP contribution in [0.5, 0.6) is 0 Å². The van der Waals surface area contributed by atoms with Crippen LogP contribution in [0.15, 0.2) is 109 Å². The molecular formula is C39H24N4O4. The van der Waals surface area contributed by atoms with Crippen LogP contribution in [-0.4, -0.2) is 30.3 Å². The Morgan fingerprint density at radius 1 is 0.426 bits per heavy atom. The second kappa shape index (κ2) is 9.14. The standard InChI is InChI=1S/C39H24N4O4/c44-36-28-15-7-13-26-32(28)30(38(46)42(36)24-9-3-1-4-10-24)17-22-19-40-21-41(34(22)26)20-23-18-31-33-27(35(23)40)14-8-16-29(33)37(45)43(39(31)47)25-11-5-2-6-12-25/h1-18H,19-21H2. The SMILES string of the molecule is O=C1c2cccc3c4c(cc(c23)C(=O)N1c1ccccc1)CN1CN4Cc2cc3c4c(cccc4c21)C(=O)N(c1ccccc1)C3=O. The van der Waals surface area contributed by atoms with Crippen LogP contribution in [0, 0.1) is 0 Å². The zero-order valence-electron chi connectivity index (χ0n) is 24.9. The van der Waals surface area contributed by atoms with Crippen LogP contribution in [0.1, 0.15) is 52.6 Å². The smallest absolute Gasteiger partial charge is 0.265 e. The number of benzene rings is 6. The van der Waals surface area contributed by atoms with E-state index in [1.165, 1.54) is 9.80 Å². The lowest BCUT2D eigenvalue weighted by molar-refractivity contribution is 0.0877. The average Bonchev–Trinajstić information content (AvgIpc) is 3.10. The predicted octanol–water partition coefficient (Wildman–Crippen LogP) is 6.89. The number of carbonyl (C=O) groups excluding carboxylic acids is 4. The zero-order chi connectivity index (χ0) is 31.6. The second-order valence-electron chi connectivity index (χ2n) is 12.4. The maximum Gasteiger partial charge on any atom is 0.265 e. The highest BCUT2D eigenvalue weighted by Crippen LogP contribution is 2.48. The number of nitrogens with zero attached hydrogens (tertiary/aromatic N) is 4. The summed E-state index contributed by atoms with van der Waals surface area (Å²) < 4.78 is 0. The summed E-state index contributed by atoms with van der Waals surface area (Å²) in [5.74, 6) is -1.34. The number of hydrogen-bond donors (Lipinski definition) is 0. The van der Waals surface area contributed by atoms with Gasteiger partial charge in [0, 0.05) is 56.9 Å². The highest BCUT2D eigenvalue weighted by molar-refractivity contribution is 6.38. The summed E-state index contributed by atoms with van der Waals surface area (Å²) in [7, 11) is 0. The van der Waals surface area contributed by atoms with Crippen LogP contribution >= 0.6 is 0 Å². The molecule has 2 bridgehead atoms. The molecule has 0 saturated heterocycles. The molecule has 0 atom stereocenters. The third-order valence-electron chi connectivity index (χ3n) is 9.88. The van der Waals surface area contributed by atoms with Crippen LogP contribution in [0.2, 0.25) is 0 Å². The maximum atomic E-state index is 14.0. The van der Waals surface area contributed by atoms with Crippen LogP contribution in [-0.2, 0) is 13.1 Å². The molecule has 4 aliphatic heterocycles. The van der Waals surface area contributed by atoms with E-state index < -0.39 is 0 Å². The molecule has 4 amide bonds. The molecule has 10 rings (SSSR count). The Balaban J connectivity index is 1.14. The minimum absolute atomic E-state index is 0.335. The van der Waals surface area contributed by atoms with Crippen LogP contribution in [0.4, 0.5) is 22.7 Å². The predicted molar refractivity (Wildman–Crippen MR) is 180 cm³/mol. The largest absolute Gasteiger partial charge is 0.349 e. The van der Waals surface area contributed by atoms with Gasteiger partial charge in [-0.2, -0.15) is 0 Å². The molecule has 8 heteroatoms. The van der Waals surface area contributed by atoms with Crippen molar-refractivity contribution in [2.24, 2.45) is 0 Å². The normalized spacial score (nSPS) is 16.3. The lowest BCUT2D eigenvalue weighted by Crippen LogP contribution is -2.47. The van der Waals surface area contributed by atoms with Crippen LogP contribution in [0.3, 0.4) is 0 Å². The summed E-state index contributed by atoms with van der Waals surface area (Å²) in [4.78, 5) is 62.7. The van der Waals surface area contributed by atoms with Crippen molar-refractivity contribution in [1.82, 2.24) is 0 Å². The summed E-state index contributed by atoms with van der Waals surface area (Å²) in [5.41, 5.74) is 7.06. The fourth-order valence-corrected chi connectivity index (χ4v) is 8.04. The van der Waals surface area contributed by atoms with E-state index in [9.17, 15) is 19.2 Å². The number of rotatable bonds is 2. The third-order valence-corrected chi connectivity index (χ3v) is 9.88. The molecule has 47 heavy (non-hydrogen) atoms. The molecule has 0 radical (unpaired) electrons. The quantitative estimate of drug-likeness (QED) is 0.198. The topological polar surface area (TPSA) is 81.2 Å². The van der Waals surface area contributed by atoms with Gasteiger partial charge in [0.25, 0.3) is 23.6 Å². The number of carbonyl (C=O) groups is 4. The Morgan fingerprint density at radius 2 is 0.830 bits per heavy atom. The van der Waals surface area contributed by atoms with Gasteiger partial charge in [-0.05, 0) is 59.7 Å². The van der Waals surface area contributed by atoms with E-state index in [0.29, 0.717) is 64.2 Å². The molecule has 0 N–H and O–H groups in total. The lowest BCUT2D eigenvalue weighted by Gasteiger charge is -2.46. The molecule has 0 aromatic heterocycles. The van der Waals surface area contributed by atoms with Crippen molar-refractivity contribution >= 4 is 67.9 Å². The molecule has 8 nitrogen and oxygen atoms in total.